The molecule has 28 heteroatoms. The third-order valence-electron chi connectivity index (χ3n) is 19.4. The molecule has 0 spiro atoms. The van der Waals surface area contributed by atoms with Gasteiger partial charge in [0.1, 0.15) is 11.6 Å². The first-order chi connectivity index (χ1) is 55.4. The van der Waals surface area contributed by atoms with Gasteiger partial charge in [-0.25, -0.2) is 4.39 Å². The Kier molecular flexibility index (Phi) is 29.7. The molecule has 0 radical (unpaired) electrons. The van der Waals surface area contributed by atoms with Gasteiger partial charge in [-0.2, -0.15) is 26.3 Å². The molecule has 18 rings (SSSR count). The van der Waals surface area contributed by atoms with E-state index in [0.29, 0.717) is 40.7 Å². The van der Waals surface area contributed by atoms with Crippen molar-refractivity contribution in [2.24, 2.45) is 44.9 Å². The minimum atomic E-state index is -4.64. The van der Waals surface area contributed by atoms with Crippen LogP contribution in [-0.2, 0) is 70.1 Å². The average Bonchev–Trinajstić information content (AvgIpc) is 1.32. The van der Waals surface area contributed by atoms with Crippen molar-refractivity contribution in [2.45, 2.75) is 167 Å². The maximum absolute atomic E-state index is 13.0. The summed E-state index contributed by atoms with van der Waals surface area (Å²) in [4.78, 5) is 38.7. The molecule has 118 heavy (non-hydrogen) atoms. The van der Waals surface area contributed by atoms with E-state index in [0.717, 1.165) is 178 Å². The van der Waals surface area contributed by atoms with Crippen molar-refractivity contribution >= 4 is 181 Å². The van der Waals surface area contributed by atoms with Gasteiger partial charge in [0.15, 0.2) is 11.5 Å². The van der Waals surface area contributed by atoms with Crippen LogP contribution >= 0.6 is 78.3 Å². The van der Waals surface area contributed by atoms with E-state index in [4.69, 9.17) is 55.9 Å². The molecule has 0 bridgehead atoms. The quantitative estimate of drug-likeness (QED) is 0.163. The van der Waals surface area contributed by atoms with E-state index in [9.17, 15) is 43.9 Å². The molecular weight excluding hydrogens is 1750 g/mol. The number of aryl methyl sites for hydroxylation is 3. The lowest BCUT2D eigenvalue weighted by molar-refractivity contribution is -0.274. The predicted molar refractivity (Wildman–Crippen MR) is 470 cm³/mol. The van der Waals surface area contributed by atoms with Gasteiger partial charge in [0, 0.05) is 135 Å². The van der Waals surface area contributed by atoms with Crippen LogP contribution in [0, 0.1) is 33.5 Å². The monoisotopic (exact) mass is 1830 g/mol. The summed E-state index contributed by atoms with van der Waals surface area (Å²) in [5.41, 5.74) is 30.6. The molecule has 0 unspecified atom stereocenters. The molecule has 9 aromatic carbocycles. The van der Waals surface area contributed by atoms with Gasteiger partial charge in [0.25, 0.3) is 0 Å². The largest absolute Gasteiger partial charge is 0.573 e. The summed E-state index contributed by atoms with van der Waals surface area (Å²) in [6.07, 6.45) is -5.96. The molecule has 0 saturated heterocycles. The van der Waals surface area contributed by atoms with Crippen LogP contribution < -0.4 is 14.2 Å². The van der Waals surface area contributed by atoms with Crippen molar-refractivity contribution in [2.75, 3.05) is 14.2 Å². The Labute approximate surface area is 716 Å². The molecular formula is C90H83Br2Cl4F10N9O3. The van der Waals surface area contributed by atoms with E-state index < -0.39 is 29.8 Å². The van der Waals surface area contributed by atoms with Crippen molar-refractivity contribution < 1.29 is 58.1 Å². The van der Waals surface area contributed by atoms with Gasteiger partial charge in [0.2, 0.25) is 0 Å². The van der Waals surface area contributed by atoms with Crippen molar-refractivity contribution in [3.63, 3.8) is 0 Å². The molecule has 0 amide bonds. The number of hydrogen-bond donors (Lipinski definition) is 0. The molecule has 0 aromatic heterocycles. The molecule has 0 aliphatic carbocycles. The van der Waals surface area contributed by atoms with Crippen molar-refractivity contribution in [1.29, 1.82) is 0 Å². The highest BCUT2D eigenvalue weighted by molar-refractivity contribution is 9.10. The second-order valence-electron chi connectivity index (χ2n) is 29.4. The van der Waals surface area contributed by atoms with E-state index in [-0.39, 0.29) is 16.6 Å². The summed E-state index contributed by atoms with van der Waals surface area (Å²) in [6, 6.07) is 33.6. The van der Waals surface area contributed by atoms with Crippen LogP contribution in [-0.4, -0.2) is 72.0 Å². The number of methoxy groups -OCH3 is 2. The highest BCUT2D eigenvalue weighted by atomic mass is 79.9. The highest BCUT2D eigenvalue weighted by Crippen LogP contribution is 2.44. The number of nitrogens with zero attached hydrogens (tertiary/aromatic N) is 9. The Bertz CT molecular complexity index is 5580. The van der Waals surface area contributed by atoms with E-state index in [1.54, 1.807) is 33.3 Å². The summed E-state index contributed by atoms with van der Waals surface area (Å²) in [7, 11) is 3.28. The summed E-state index contributed by atoms with van der Waals surface area (Å²) in [5, 5.41) is 2.15. The Morgan fingerprint density at radius 1 is 0.331 bits per heavy atom. The average molecular weight is 1830 g/mol. The number of aliphatic imine (C=N–C) groups is 9. The predicted octanol–water partition coefficient (Wildman–Crippen LogP) is 29.5. The summed E-state index contributed by atoms with van der Waals surface area (Å²) in [6.45, 7) is 25.9. The van der Waals surface area contributed by atoms with Crippen LogP contribution in [0.15, 0.2) is 175 Å². The number of ether oxygens (including phenoxy) is 3. The molecule has 0 atom stereocenters. The molecule has 618 valence electrons. The molecule has 9 heterocycles. The maximum Gasteiger partial charge on any atom is 0.573 e. The standard InChI is InChI=1S/C11H13NO2.C10H10BrN.C10H7ClF3N.3C10H10ClN.C10H8F3NO.C10H8F3N.C9H7BrFN/c1-7-4-8-5-10(13-2)11(14-3)6-9(8)12-7;1-6-3-8(11)5-10-9(6)4-7(2)12-10;1-5-2-6-3-7(10(12,13)14)8(11)4-9(6)15-5;1-6-3-8(11)5-10-9(6)4-7(2)12-10;1-6-3-8-4-7(2)12-10(8)5-9(6)11;1-6-5-8-7(2)9(11)3-4-10(8)12-6;1-6-4-7-5-8(15-10(11,12)13)2-3-9(7)14-6;1-6-4-7-2-3-8(10(11,12)13)5-9(7)14-6;1-5-2-6-3-8(11)7(10)4-9(6)12-5/h5-6H,4H2,1-3H3;3,5H,4H2,1-2H3;3-4H,2H2,1H3;2*3,5H,4H2,1-2H3;3-4H,5H2,1-2H3;2-3,5H,4H2,1H3;2-3,5H,4H2,1H3;3-4H,2H2,1H3. The fourth-order valence-electron chi connectivity index (χ4n) is 13.9. The highest BCUT2D eigenvalue weighted by Gasteiger charge is 2.36. The smallest absolute Gasteiger partial charge is 0.493 e. The minimum absolute atomic E-state index is 0.189. The summed E-state index contributed by atoms with van der Waals surface area (Å²) < 4.78 is 139. The second kappa shape index (κ2) is 38.5. The van der Waals surface area contributed by atoms with E-state index >= 15 is 0 Å². The topological polar surface area (TPSA) is 139 Å². The molecule has 0 fully saturated rings. The van der Waals surface area contributed by atoms with E-state index in [1.807, 2.05) is 97.9 Å². The lowest BCUT2D eigenvalue weighted by Crippen LogP contribution is -2.17. The number of fused-ring (bicyclic) bond motifs is 9. The molecule has 0 saturated carbocycles. The normalized spacial score (nSPS) is 14.6. The van der Waals surface area contributed by atoms with Crippen LogP contribution in [0.4, 0.5) is 95.1 Å². The number of hydrogen-bond acceptors (Lipinski definition) is 12. The zero-order chi connectivity index (χ0) is 86.3. The zero-order valence-electron chi connectivity index (χ0n) is 67.2. The fraction of sp³-hybridized carbons (Fsp3) is 0.300. The second-order valence-corrected chi connectivity index (χ2v) is 32.9. The molecule has 0 N–H and O–H groups in total. The third kappa shape index (κ3) is 24.1. The van der Waals surface area contributed by atoms with Gasteiger partial charge in [-0.15, -0.1) is 13.2 Å². The Balaban J connectivity index is 0.000000140. The van der Waals surface area contributed by atoms with E-state index in [2.05, 4.69) is 127 Å². The lowest BCUT2D eigenvalue weighted by atomic mass is 10.0. The van der Waals surface area contributed by atoms with Crippen LogP contribution in [0.1, 0.15) is 146 Å². The Morgan fingerprint density at radius 3 is 1.28 bits per heavy atom. The van der Waals surface area contributed by atoms with Gasteiger partial charge in [0.05, 0.1) is 86.0 Å². The van der Waals surface area contributed by atoms with Gasteiger partial charge in [-0.05, 0) is 281 Å². The first-order valence-electron chi connectivity index (χ1n) is 37.1. The van der Waals surface area contributed by atoms with Crippen LogP contribution in [0.25, 0.3) is 0 Å². The van der Waals surface area contributed by atoms with Gasteiger partial charge < -0.3 is 14.2 Å². The van der Waals surface area contributed by atoms with Crippen molar-refractivity contribution in [3.05, 3.63) is 240 Å². The van der Waals surface area contributed by atoms with Crippen LogP contribution in [0.3, 0.4) is 0 Å². The first-order valence-corrected chi connectivity index (χ1v) is 40.2. The van der Waals surface area contributed by atoms with E-state index in [1.165, 1.54) is 97.7 Å². The summed E-state index contributed by atoms with van der Waals surface area (Å²) in [5.74, 6) is 1.12. The van der Waals surface area contributed by atoms with Crippen molar-refractivity contribution in [1.82, 2.24) is 0 Å². The third-order valence-corrected chi connectivity index (χ3v) is 21.8. The zero-order valence-corrected chi connectivity index (χ0v) is 73.4. The van der Waals surface area contributed by atoms with Gasteiger partial charge in [-0.1, -0.05) is 74.5 Å². The first kappa shape index (κ1) is 91.1. The van der Waals surface area contributed by atoms with Crippen LogP contribution in [0.2, 0.25) is 20.1 Å². The Morgan fingerprint density at radius 2 is 0.746 bits per heavy atom. The lowest BCUT2D eigenvalue weighted by Gasteiger charge is -2.10. The van der Waals surface area contributed by atoms with Gasteiger partial charge >= 0.3 is 18.7 Å². The Hall–Kier alpha value is -9.17. The number of rotatable bonds is 3. The molecule has 9 aliphatic heterocycles. The fourth-order valence-corrected chi connectivity index (χ4v) is 15.6. The van der Waals surface area contributed by atoms with Gasteiger partial charge in [-0.3, -0.25) is 44.9 Å². The molecule has 9 aromatic rings. The number of benzene rings is 9. The number of alkyl halides is 9. The number of halogens is 16. The van der Waals surface area contributed by atoms with Crippen LogP contribution in [0.5, 0.6) is 17.2 Å². The maximum atomic E-state index is 13.0. The minimum Gasteiger partial charge on any atom is -0.493 e. The summed E-state index contributed by atoms with van der Waals surface area (Å²) >= 11 is 30.0. The van der Waals surface area contributed by atoms with Crippen molar-refractivity contribution in [3.8, 4) is 17.2 Å². The molecule has 9 aliphatic rings. The molecule has 12 nitrogen and oxygen atoms in total. The SMILES string of the molecule is CC1=Nc2cc(Br)c(F)cc2C1.CC1=Nc2cc(Br)cc(C)c2C1.CC1=Nc2cc(C(F)(F)F)ccc2C1.CC1=Nc2cc(Cl)c(C(F)(F)F)cc2C1.CC1=Nc2cc(Cl)c(C)cc2C1.CC1=Nc2cc(Cl)cc(C)c2C1.CC1=Nc2ccc(Cl)c(C)c2C1.CC1=Nc2ccc(OC(F)(F)F)cc2C1.COc1cc2c(cc1OC)N=C(C)C2.